The van der Waals surface area contributed by atoms with Crippen LogP contribution in [0, 0.1) is 18.6 Å². The zero-order valence-electron chi connectivity index (χ0n) is 20.2. The first-order chi connectivity index (χ1) is 17.4. The highest BCUT2D eigenvalue weighted by Gasteiger charge is 2.23. The molecule has 11 heteroatoms. The molecule has 188 valence electrons. The van der Waals surface area contributed by atoms with Crippen LogP contribution in [0.4, 0.5) is 26.4 Å². The Morgan fingerprint density at radius 1 is 1.03 bits per heavy atom. The largest absolute Gasteiger partial charge is 0.436 e. The van der Waals surface area contributed by atoms with Crippen LogP contribution in [-0.4, -0.2) is 63.3 Å². The summed E-state index contributed by atoms with van der Waals surface area (Å²) < 4.78 is 35.7. The van der Waals surface area contributed by atoms with E-state index in [-0.39, 0.29) is 22.5 Å². The maximum Gasteiger partial charge on any atom is 0.230 e. The molecule has 2 fully saturated rings. The summed E-state index contributed by atoms with van der Waals surface area (Å²) in [5.74, 6) is 0.692. The van der Waals surface area contributed by atoms with Crippen LogP contribution < -0.4 is 15.0 Å². The first kappa shape index (κ1) is 22.7. The fourth-order valence-electron chi connectivity index (χ4n) is 4.66. The van der Waals surface area contributed by atoms with Crippen molar-refractivity contribution in [2.45, 2.75) is 32.1 Å². The average molecular weight is 495 g/mol. The van der Waals surface area contributed by atoms with E-state index in [0.29, 0.717) is 29.2 Å². The van der Waals surface area contributed by atoms with Crippen molar-refractivity contribution >= 4 is 28.5 Å². The number of hydrogen-bond donors (Lipinski definition) is 3. The van der Waals surface area contributed by atoms with Gasteiger partial charge in [0.2, 0.25) is 11.8 Å². The number of likely N-dealkylation sites (N-methyl/N-ethyl adjacent to an activating group) is 1. The molecule has 0 bridgehead atoms. The van der Waals surface area contributed by atoms with Crippen molar-refractivity contribution in [3.63, 3.8) is 0 Å². The van der Waals surface area contributed by atoms with Gasteiger partial charge in [-0.25, -0.2) is 8.78 Å². The first-order valence-corrected chi connectivity index (χ1v) is 12.2. The molecule has 9 nitrogen and oxygen atoms in total. The lowest BCUT2D eigenvalue weighted by atomic mass is 9.83. The summed E-state index contributed by atoms with van der Waals surface area (Å²) in [7, 11) is 2.07. The Hall–Kier alpha value is -3.73. The fraction of sp³-hybridized carbons (Fsp3) is 0.400. The number of benzene rings is 1. The zero-order chi connectivity index (χ0) is 24.8. The van der Waals surface area contributed by atoms with Crippen molar-refractivity contribution in [2.75, 3.05) is 43.4 Å². The number of nitrogens with one attached hydrogen (secondary N) is 3. The first-order valence-electron chi connectivity index (χ1n) is 12.2. The molecular weight excluding hydrogens is 466 g/mol. The van der Waals surface area contributed by atoms with Crippen LogP contribution in [0.2, 0.25) is 0 Å². The predicted octanol–water partition coefficient (Wildman–Crippen LogP) is 4.82. The van der Waals surface area contributed by atoms with E-state index in [1.807, 2.05) is 6.07 Å². The summed E-state index contributed by atoms with van der Waals surface area (Å²) in [6.07, 6.45) is 3.56. The van der Waals surface area contributed by atoms with Crippen LogP contribution in [0.25, 0.3) is 10.9 Å². The second kappa shape index (κ2) is 9.05. The average Bonchev–Trinajstić information content (AvgIpc) is 3.43. The van der Waals surface area contributed by atoms with Gasteiger partial charge in [-0.3, -0.25) is 5.10 Å². The van der Waals surface area contributed by atoms with Crippen LogP contribution in [0.1, 0.15) is 36.6 Å². The molecule has 1 aromatic carbocycles. The molecule has 2 aliphatic rings. The lowest BCUT2D eigenvalue weighted by Gasteiger charge is -2.32. The molecule has 1 aliphatic carbocycles. The summed E-state index contributed by atoms with van der Waals surface area (Å²) in [6, 6.07) is 6.15. The Balaban J connectivity index is 1.33. The molecule has 36 heavy (non-hydrogen) atoms. The molecule has 6 rings (SSSR count). The van der Waals surface area contributed by atoms with Gasteiger partial charge in [0.15, 0.2) is 23.2 Å². The van der Waals surface area contributed by atoms with E-state index >= 15 is 4.39 Å². The van der Waals surface area contributed by atoms with Gasteiger partial charge < -0.3 is 24.8 Å². The summed E-state index contributed by atoms with van der Waals surface area (Å²) in [6.45, 7) is 4.96. The predicted molar refractivity (Wildman–Crippen MR) is 133 cm³/mol. The minimum absolute atomic E-state index is 0.112. The summed E-state index contributed by atoms with van der Waals surface area (Å²) in [4.78, 5) is 16.3. The van der Waals surface area contributed by atoms with Gasteiger partial charge in [0.25, 0.3) is 0 Å². The minimum atomic E-state index is -0.650. The van der Waals surface area contributed by atoms with Gasteiger partial charge in [-0.1, -0.05) is 6.42 Å². The number of nitrogens with zero attached hydrogens (tertiary/aromatic N) is 5. The second-order valence-electron chi connectivity index (χ2n) is 9.66. The molecule has 0 radical (unpaired) electrons. The van der Waals surface area contributed by atoms with E-state index in [2.05, 4.69) is 47.3 Å². The Labute approximate surface area is 206 Å². The van der Waals surface area contributed by atoms with Gasteiger partial charge in [-0.2, -0.15) is 15.1 Å². The molecule has 0 unspecified atom stereocenters. The lowest BCUT2D eigenvalue weighted by Crippen LogP contribution is -2.45. The smallest absolute Gasteiger partial charge is 0.230 e. The van der Waals surface area contributed by atoms with Gasteiger partial charge in [-0.05, 0) is 32.9 Å². The van der Waals surface area contributed by atoms with Crippen molar-refractivity contribution in [3.05, 3.63) is 47.3 Å². The molecule has 3 aromatic heterocycles. The molecule has 4 heterocycles. The highest BCUT2D eigenvalue weighted by molar-refractivity contribution is 5.83. The number of fused-ring (bicyclic) bond motifs is 1. The minimum Gasteiger partial charge on any atom is -0.436 e. The van der Waals surface area contributed by atoms with E-state index in [1.165, 1.54) is 6.42 Å². The number of ether oxygens (including phenoxy) is 1. The number of aryl methyl sites for hydroxylation is 1. The van der Waals surface area contributed by atoms with Crippen LogP contribution in [0.3, 0.4) is 0 Å². The third-order valence-electron chi connectivity index (χ3n) is 6.99. The van der Waals surface area contributed by atoms with Crippen molar-refractivity contribution in [1.29, 1.82) is 0 Å². The van der Waals surface area contributed by atoms with Crippen molar-refractivity contribution < 1.29 is 13.5 Å². The number of piperazine rings is 1. The van der Waals surface area contributed by atoms with E-state index in [9.17, 15) is 4.39 Å². The molecule has 0 spiro atoms. The number of anilines is 3. The standard InChI is InChI=1S/C25H28F2N8O/c1-14-10-16-23(27)19(11-17(26)24(16)28-14)36-22-13-20(29-21-12-18(32-33-21)15-4-3-5-15)30-25(31-22)35-8-6-34(2)7-9-35/h10-13,15,28H,3-9H2,1-2H3,(H2,29,30,31,32,33). The van der Waals surface area contributed by atoms with Crippen LogP contribution >= 0.6 is 0 Å². The van der Waals surface area contributed by atoms with Gasteiger partial charge in [-0.15, -0.1) is 0 Å². The van der Waals surface area contributed by atoms with Gasteiger partial charge in [0.05, 0.1) is 5.52 Å². The molecular formula is C25H28F2N8O. The van der Waals surface area contributed by atoms with E-state index < -0.39 is 11.6 Å². The van der Waals surface area contributed by atoms with Gasteiger partial charge >= 0.3 is 0 Å². The summed E-state index contributed by atoms with van der Waals surface area (Å²) in [5, 5.41) is 10.8. The Morgan fingerprint density at radius 2 is 1.83 bits per heavy atom. The number of halogens is 2. The number of rotatable bonds is 6. The molecule has 1 aliphatic heterocycles. The second-order valence-corrected chi connectivity index (χ2v) is 9.66. The van der Waals surface area contributed by atoms with E-state index in [0.717, 1.165) is 50.8 Å². The SMILES string of the molecule is Cc1cc2c(F)c(Oc3cc(Nc4cc(C5CCC5)[nH]n4)nc(N4CCN(C)CC4)n3)cc(F)c2[nH]1. The monoisotopic (exact) mass is 494 g/mol. The van der Waals surface area contributed by atoms with Crippen molar-refractivity contribution in [1.82, 2.24) is 30.0 Å². The summed E-state index contributed by atoms with van der Waals surface area (Å²) >= 11 is 0. The Morgan fingerprint density at radius 3 is 2.58 bits per heavy atom. The quantitative estimate of drug-likeness (QED) is 0.353. The van der Waals surface area contributed by atoms with Crippen LogP contribution in [0.5, 0.6) is 11.6 Å². The Kier molecular flexibility index (Phi) is 5.71. The maximum absolute atomic E-state index is 15.2. The van der Waals surface area contributed by atoms with Gasteiger partial charge in [0, 0.05) is 67.1 Å². The number of H-pyrrole nitrogens is 2. The molecule has 0 atom stereocenters. The van der Waals surface area contributed by atoms with Gasteiger partial charge in [0.1, 0.15) is 5.82 Å². The molecule has 3 N–H and O–H groups in total. The molecule has 4 aromatic rings. The number of hydrogen-bond acceptors (Lipinski definition) is 7. The third-order valence-corrected chi connectivity index (χ3v) is 6.99. The van der Waals surface area contributed by atoms with E-state index in [4.69, 9.17) is 4.74 Å². The highest BCUT2D eigenvalue weighted by Crippen LogP contribution is 2.37. The van der Waals surface area contributed by atoms with Crippen LogP contribution in [-0.2, 0) is 0 Å². The molecule has 1 saturated heterocycles. The lowest BCUT2D eigenvalue weighted by molar-refractivity contribution is 0.310. The maximum atomic E-state index is 15.2. The Bertz CT molecular complexity index is 1400. The van der Waals surface area contributed by atoms with Crippen LogP contribution in [0.15, 0.2) is 24.3 Å². The highest BCUT2D eigenvalue weighted by atomic mass is 19.1. The van der Waals surface area contributed by atoms with E-state index in [1.54, 1.807) is 19.1 Å². The summed E-state index contributed by atoms with van der Waals surface area (Å²) in [5.41, 5.74) is 1.87. The topological polar surface area (TPSA) is 98.0 Å². The van der Waals surface area contributed by atoms with Crippen molar-refractivity contribution in [2.24, 2.45) is 0 Å². The molecule has 1 saturated carbocycles. The fourth-order valence-corrected chi connectivity index (χ4v) is 4.66. The third kappa shape index (κ3) is 4.34. The van der Waals surface area contributed by atoms with Crippen molar-refractivity contribution in [3.8, 4) is 11.6 Å². The molecule has 0 amide bonds. The number of aromatic amines is 2. The zero-order valence-corrected chi connectivity index (χ0v) is 20.2. The number of aromatic nitrogens is 5. The normalized spacial score (nSPS) is 16.9.